The van der Waals surface area contributed by atoms with Crippen LogP contribution in [0.2, 0.25) is 5.02 Å². The van der Waals surface area contributed by atoms with E-state index in [0.717, 1.165) is 16.3 Å². The number of ether oxygens (including phenoxy) is 1. The van der Waals surface area contributed by atoms with Gasteiger partial charge in [0.25, 0.3) is 0 Å². The zero-order chi connectivity index (χ0) is 19.6. The SMILES string of the molecule is Cn1nc(C(F)(F)F)cc1-c1ccc(OCc2ccc(Cl)cc2)cc1C=O. The lowest BCUT2D eigenvalue weighted by molar-refractivity contribution is -0.141. The molecule has 0 atom stereocenters. The summed E-state index contributed by atoms with van der Waals surface area (Å²) >= 11 is 5.83. The first-order chi connectivity index (χ1) is 12.8. The first-order valence-corrected chi connectivity index (χ1v) is 8.24. The molecule has 27 heavy (non-hydrogen) atoms. The van der Waals surface area contributed by atoms with Crippen molar-refractivity contribution in [1.82, 2.24) is 9.78 Å². The molecule has 0 saturated carbocycles. The molecule has 1 aromatic heterocycles. The van der Waals surface area contributed by atoms with E-state index in [-0.39, 0.29) is 17.9 Å². The van der Waals surface area contributed by atoms with Gasteiger partial charge in [0.2, 0.25) is 0 Å². The Kier molecular flexibility index (Phi) is 5.23. The molecule has 0 aliphatic heterocycles. The van der Waals surface area contributed by atoms with E-state index in [1.165, 1.54) is 19.2 Å². The highest BCUT2D eigenvalue weighted by Crippen LogP contribution is 2.33. The Morgan fingerprint density at radius 2 is 1.85 bits per heavy atom. The van der Waals surface area contributed by atoms with Crippen molar-refractivity contribution in [2.24, 2.45) is 7.05 Å². The summed E-state index contributed by atoms with van der Waals surface area (Å²) in [4.78, 5) is 11.5. The maximum absolute atomic E-state index is 12.9. The van der Waals surface area contributed by atoms with E-state index in [2.05, 4.69) is 5.10 Å². The molecular weight excluding hydrogens is 381 g/mol. The molecule has 140 valence electrons. The summed E-state index contributed by atoms with van der Waals surface area (Å²) in [5, 5.41) is 4.08. The van der Waals surface area contributed by atoms with Crippen molar-refractivity contribution in [3.05, 3.63) is 70.4 Å². The first-order valence-electron chi connectivity index (χ1n) is 7.86. The van der Waals surface area contributed by atoms with E-state index in [1.807, 2.05) is 12.1 Å². The minimum atomic E-state index is -4.56. The Labute approximate surface area is 158 Å². The highest BCUT2D eigenvalue weighted by Gasteiger charge is 2.34. The van der Waals surface area contributed by atoms with E-state index in [4.69, 9.17) is 16.3 Å². The van der Waals surface area contributed by atoms with Crippen LogP contribution in [0.3, 0.4) is 0 Å². The highest BCUT2D eigenvalue weighted by molar-refractivity contribution is 6.30. The van der Waals surface area contributed by atoms with Crippen LogP contribution < -0.4 is 4.74 Å². The molecule has 8 heteroatoms. The van der Waals surface area contributed by atoms with E-state index < -0.39 is 11.9 Å². The van der Waals surface area contributed by atoms with Crippen LogP contribution in [-0.2, 0) is 19.8 Å². The predicted molar refractivity (Wildman–Crippen MR) is 94.8 cm³/mol. The topological polar surface area (TPSA) is 44.1 Å². The van der Waals surface area contributed by atoms with E-state index in [9.17, 15) is 18.0 Å². The summed E-state index contributed by atoms with van der Waals surface area (Å²) in [5.74, 6) is 0.425. The van der Waals surface area contributed by atoms with Gasteiger partial charge in [0.15, 0.2) is 12.0 Å². The number of carbonyl (C=O) groups excluding carboxylic acids is 1. The Morgan fingerprint density at radius 3 is 2.44 bits per heavy atom. The number of alkyl halides is 3. The van der Waals surface area contributed by atoms with Gasteiger partial charge in [0.05, 0.1) is 5.69 Å². The monoisotopic (exact) mass is 394 g/mol. The molecule has 3 aromatic rings. The fraction of sp³-hybridized carbons (Fsp3) is 0.158. The van der Waals surface area contributed by atoms with Crippen LogP contribution in [0.5, 0.6) is 5.75 Å². The summed E-state index contributed by atoms with van der Waals surface area (Å²) in [5.41, 5.74) is 0.612. The van der Waals surface area contributed by atoms with Crippen molar-refractivity contribution in [1.29, 1.82) is 0 Å². The predicted octanol–water partition coefficient (Wildman–Crippen LogP) is 5.15. The van der Waals surface area contributed by atoms with Crippen molar-refractivity contribution in [3.63, 3.8) is 0 Å². The third-order valence-electron chi connectivity index (χ3n) is 3.91. The minimum Gasteiger partial charge on any atom is -0.489 e. The molecule has 0 unspecified atom stereocenters. The third kappa shape index (κ3) is 4.31. The van der Waals surface area contributed by atoms with Crippen LogP contribution in [0.25, 0.3) is 11.3 Å². The van der Waals surface area contributed by atoms with Gasteiger partial charge < -0.3 is 4.74 Å². The first kappa shape index (κ1) is 19.0. The molecule has 0 saturated heterocycles. The van der Waals surface area contributed by atoms with E-state index >= 15 is 0 Å². The maximum Gasteiger partial charge on any atom is 0.435 e. The zero-order valence-electron chi connectivity index (χ0n) is 14.1. The van der Waals surface area contributed by atoms with Gasteiger partial charge in [-0.3, -0.25) is 9.48 Å². The Balaban J connectivity index is 1.85. The van der Waals surface area contributed by atoms with Crippen LogP contribution in [0.4, 0.5) is 13.2 Å². The van der Waals surface area contributed by atoms with Crippen molar-refractivity contribution >= 4 is 17.9 Å². The summed E-state index contributed by atoms with van der Waals surface area (Å²) in [6.07, 6.45) is -3.98. The van der Waals surface area contributed by atoms with Crippen LogP contribution in [0.1, 0.15) is 21.6 Å². The second-order valence-corrected chi connectivity index (χ2v) is 6.25. The Morgan fingerprint density at radius 1 is 1.15 bits per heavy atom. The summed E-state index contributed by atoms with van der Waals surface area (Å²) < 4.78 is 45.3. The number of benzene rings is 2. The van der Waals surface area contributed by atoms with E-state index in [0.29, 0.717) is 22.6 Å². The van der Waals surface area contributed by atoms with Crippen LogP contribution >= 0.6 is 11.6 Å². The van der Waals surface area contributed by atoms with Crippen molar-refractivity contribution in [2.45, 2.75) is 12.8 Å². The highest BCUT2D eigenvalue weighted by atomic mass is 35.5. The standard InChI is InChI=1S/C19H14ClF3N2O2/c1-25-17(9-18(24-25)19(21,22)23)16-7-6-15(8-13(16)10-26)27-11-12-2-4-14(20)5-3-12/h2-10H,11H2,1H3. The molecule has 0 N–H and O–H groups in total. The lowest BCUT2D eigenvalue weighted by Crippen LogP contribution is -2.06. The second-order valence-electron chi connectivity index (χ2n) is 5.82. The van der Waals surface area contributed by atoms with Gasteiger partial charge in [0.1, 0.15) is 12.4 Å². The average molecular weight is 395 g/mol. The quantitative estimate of drug-likeness (QED) is 0.562. The van der Waals surface area contributed by atoms with Crippen molar-refractivity contribution < 1.29 is 22.7 Å². The molecule has 1 heterocycles. The van der Waals surface area contributed by atoms with Crippen molar-refractivity contribution in [2.75, 3.05) is 0 Å². The van der Waals surface area contributed by atoms with Gasteiger partial charge >= 0.3 is 6.18 Å². The fourth-order valence-corrected chi connectivity index (χ4v) is 2.69. The third-order valence-corrected chi connectivity index (χ3v) is 4.17. The molecule has 0 aliphatic carbocycles. The Hall–Kier alpha value is -2.80. The van der Waals surface area contributed by atoms with Crippen LogP contribution in [0.15, 0.2) is 48.5 Å². The molecule has 0 fully saturated rings. The summed E-state index contributed by atoms with van der Waals surface area (Å²) in [6.45, 7) is 0.263. The van der Waals surface area contributed by atoms with Crippen molar-refractivity contribution in [3.8, 4) is 17.0 Å². The summed E-state index contributed by atoms with van der Waals surface area (Å²) in [7, 11) is 1.39. The molecule has 0 radical (unpaired) electrons. The smallest absolute Gasteiger partial charge is 0.435 e. The average Bonchev–Trinajstić information content (AvgIpc) is 3.03. The lowest BCUT2D eigenvalue weighted by Gasteiger charge is -2.10. The fourth-order valence-electron chi connectivity index (χ4n) is 2.57. The number of halogens is 4. The van der Waals surface area contributed by atoms with Gasteiger partial charge in [0, 0.05) is 23.2 Å². The van der Waals surface area contributed by atoms with Gasteiger partial charge in [-0.25, -0.2) is 0 Å². The molecule has 0 spiro atoms. The Bertz CT molecular complexity index is 966. The number of carbonyl (C=O) groups is 1. The lowest BCUT2D eigenvalue weighted by atomic mass is 10.0. The molecule has 0 bridgehead atoms. The second kappa shape index (κ2) is 7.44. The number of aryl methyl sites for hydroxylation is 1. The number of nitrogens with zero attached hydrogens (tertiary/aromatic N) is 2. The molecule has 0 aliphatic rings. The molecule has 0 amide bonds. The van der Waals surface area contributed by atoms with Gasteiger partial charge in [-0.05, 0) is 42.0 Å². The van der Waals surface area contributed by atoms with Crippen LogP contribution in [0, 0.1) is 0 Å². The number of aldehydes is 1. The molecule has 4 nitrogen and oxygen atoms in total. The van der Waals surface area contributed by atoms with Gasteiger partial charge in [-0.2, -0.15) is 18.3 Å². The van der Waals surface area contributed by atoms with Crippen LogP contribution in [-0.4, -0.2) is 16.1 Å². The van der Waals surface area contributed by atoms with Gasteiger partial charge in [-0.15, -0.1) is 0 Å². The normalized spacial score (nSPS) is 11.4. The zero-order valence-corrected chi connectivity index (χ0v) is 14.9. The minimum absolute atomic E-state index is 0.189. The van der Waals surface area contributed by atoms with Gasteiger partial charge in [-0.1, -0.05) is 23.7 Å². The number of hydrogen-bond donors (Lipinski definition) is 0. The number of aromatic nitrogens is 2. The maximum atomic E-state index is 12.9. The van der Waals surface area contributed by atoms with E-state index in [1.54, 1.807) is 18.2 Å². The molecule has 2 aromatic carbocycles. The summed E-state index contributed by atoms with van der Waals surface area (Å²) in [6, 6.07) is 12.6. The largest absolute Gasteiger partial charge is 0.489 e. The molecular formula is C19H14ClF3N2O2. The molecule has 3 rings (SSSR count). The number of hydrogen-bond acceptors (Lipinski definition) is 3. The number of rotatable bonds is 5.